The van der Waals surface area contributed by atoms with Crippen LogP contribution in [0.2, 0.25) is 0 Å². The van der Waals surface area contributed by atoms with Crippen LogP contribution in [0, 0.1) is 4.91 Å². The lowest BCUT2D eigenvalue weighted by atomic mass is 9.92. The molecule has 3 aliphatic heterocycles. The van der Waals surface area contributed by atoms with Crippen LogP contribution in [0.4, 0.5) is 5.69 Å². The Hall–Kier alpha value is -2.82. The van der Waals surface area contributed by atoms with Crippen molar-refractivity contribution >= 4 is 21.5 Å². The van der Waals surface area contributed by atoms with Gasteiger partial charge >= 0.3 is 5.84 Å². The molecule has 32 heavy (non-hydrogen) atoms. The molecule has 0 radical (unpaired) electrons. The van der Waals surface area contributed by atoms with Crippen molar-refractivity contribution in [1.29, 1.82) is 0 Å². The van der Waals surface area contributed by atoms with Gasteiger partial charge in [-0.15, -0.1) is 0 Å². The van der Waals surface area contributed by atoms with E-state index in [1.54, 1.807) is 24.3 Å². The Morgan fingerprint density at radius 1 is 1.19 bits per heavy atom. The van der Waals surface area contributed by atoms with Crippen LogP contribution in [0.1, 0.15) is 30.0 Å². The number of oxime groups is 1. The number of amidine groups is 1. The van der Waals surface area contributed by atoms with E-state index in [0.717, 1.165) is 40.8 Å². The first-order valence-corrected chi connectivity index (χ1v) is 12.2. The van der Waals surface area contributed by atoms with Gasteiger partial charge in [-0.3, -0.25) is 0 Å². The van der Waals surface area contributed by atoms with Crippen LogP contribution in [0.15, 0.2) is 40.4 Å². The fourth-order valence-corrected chi connectivity index (χ4v) is 6.13. The zero-order chi connectivity index (χ0) is 22.5. The Morgan fingerprint density at radius 3 is 2.56 bits per heavy atom. The van der Waals surface area contributed by atoms with Crippen molar-refractivity contribution in [3.8, 4) is 11.1 Å². The second-order valence-electron chi connectivity index (χ2n) is 8.26. The van der Waals surface area contributed by atoms with Crippen LogP contribution in [0.3, 0.4) is 0 Å². The first kappa shape index (κ1) is 21.0. The average molecular weight is 458 g/mol. The summed E-state index contributed by atoms with van der Waals surface area (Å²) >= 11 is 0. The molecular weight excluding hydrogens is 432 g/mol. The third kappa shape index (κ3) is 3.30. The number of fused-ring (bicyclic) bond motifs is 3. The number of benzene rings is 2. The van der Waals surface area contributed by atoms with E-state index >= 15 is 0 Å². The van der Waals surface area contributed by atoms with Crippen molar-refractivity contribution in [1.82, 2.24) is 4.31 Å². The highest BCUT2D eigenvalue weighted by Gasteiger charge is 2.40. The second-order valence-corrected chi connectivity index (χ2v) is 10.2. The number of anilines is 1. The van der Waals surface area contributed by atoms with Gasteiger partial charge in [0.15, 0.2) is 11.7 Å². The highest BCUT2D eigenvalue weighted by molar-refractivity contribution is 7.89. The van der Waals surface area contributed by atoms with Crippen molar-refractivity contribution in [2.45, 2.75) is 37.2 Å². The van der Waals surface area contributed by atoms with Crippen LogP contribution in [0.5, 0.6) is 0 Å². The van der Waals surface area contributed by atoms with Gasteiger partial charge in [-0.1, -0.05) is 24.0 Å². The van der Waals surface area contributed by atoms with Crippen LogP contribution in [0.25, 0.3) is 11.1 Å². The molecule has 3 aliphatic rings. The fourth-order valence-electron chi connectivity index (χ4n) is 4.72. The fraction of sp³-hybridized carbons (Fsp3) is 0.409. The van der Waals surface area contributed by atoms with Crippen molar-refractivity contribution in [2.24, 2.45) is 5.16 Å². The molecule has 9 nitrogen and oxygen atoms in total. The topological polar surface area (TPSA) is 111 Å². The van der Waals surface area contributed by atoms with E-state index in [9.17, 15) is 18.5 Å². The van der Waals surface area contributed by atoms with E-state index in [1.807, 2.05) is 6.07 Å². The average Bonchev–Trinajstić information content (AvgIpc) is 3.39. The largest absolute Gasteiger partial charge is 0.414 e. The molecule has 10 heteroatoms. The van der Waals surface area contributed by atoms with E-state index in [-0.39, 0.29) is 23.3 Å². The van der Waals surface area contributed by atoms with Crippen LogP contribution < -0.4 is 5.32 Å². The Labute approximate surface area is 186 Å². The van der Waals surface area contributed by atoms with E-state index in [2.05, 4.69) is 17.4 Å². The molecule has 1 unspecified atom stereocenters. The zero-order valence-electron chi connectivity index (χ0n) is 17.7. The van der Waals surface area contributed by atoms with Gasteiger partial charge in [0.2, 0.25) is 10.0 Å². The molecule has 1 saturated heterocycles. The number of hydrogen-bond acceptors (Lipinski definition) is 7. The Balaban J connectivity index is 1.57. The third-order valence-electron chi connectivity index (χ3n) is 6.49. The number of nitrogens with one attached hydrogen (secondary N) is 1. The van der Waals surface area contributed by atoms with Gasteiger partial charge in [-0.25, -0.2) is 8.42 Å². The quantitative estimate of drug-likeness (QED) is 0.415. The summed E-state index contributed by atoms with van der Waals surface area (Å²) in [4.78, 5) is 12.5. The predicted molar refractivity (Wildman–Crippen MR) is 119 cm³/mol. The highest BCUT2D eigenvalue weighted by atomic mass is 32.2. The number of rotatable bonds is 4. The first-order chi connectivity index (χ1) is 15.4. The summed E-state index contributed by atoms with van der Waals surface area (Å²) < 4.78 is 33.3. The first-order valence-electron chi connectivity index (χ1n) is 10.7. The lowest BCUT2D eigenvalue weighted by Crippen LogP contribution is -2.40. The lowest BCUT2D eigenvalue weighted by Gasteiger charge is -2.26. The standard InChI is InChI=1S/C22H24N4O5S/c1-2-15-11-18-20-13-26(28)22(24-27)19(20)12-17(21(18)23-15)14-3-5-16(6-4-14)32(29,30)25-7-9-31-10-8-25/h3-6,12,15,23H,2,7-11,13H2,1H3/p+1. The number of hydrogen-bond donors (Lipinski definition) is 2. The van der Waals surface area contributed by atoms with Crippen LogP contribution >= 0.6 is 0 Å². The zero-order valence-corrected chi connectivity index (χ0v) is 18.6. The second kappa shape index (κ2) is 7.95. The van der Waals surface area contributed by atoms with Crippen LogP contribution in [-0.4, -0.2) is 60.9 Å². The van der Waals surface area contributed by atoms with Crippen LogP contribution in [-0.2, 0) is 27.7 Å². The monoisotopic (exact) mass is 457 g/mol. The molecule has 1 fully saturated rings. The van der Waals surface area contributed by atoms with Gasteiger partial charge in [0.05, 0.1) is 23.7 Å². The summed E-state index contributed by atoms with van der Waals surface area (Å²) in [5.74, 6) is 0.00974. The van der Waals surface area contributed by atoms with Gasteiger partial charge in [0.1, 0.15) is 0 Å². The molecule has 3 heterocycles. The lowest BCUT2D eigenvalue weighted by molar-refractivity contribution is -0.441. The predicted octanol–water partition coefficient (Wildman–Crippen LogP) is 2.55. The molecule has 2 aromatic carbocycles. The van der Waals surface area contributed by atoms with E-state index < -0.39 is 10.0 Å². The van der Waals surface area contributed by atoms with Gasteiger partial charge in [0, 0.05) is 35.9 Å². The Morgan fingerprint density at radius 2 is 1.91 bits per heavy atom. The van der Waals surface area contributed by atoms with E-state index in [0.29, 0.717) is 36.6 Å². The number of sulfonamides is 1. The summed E-state index contributed by atoms with van der Waals surface area (Å²) in [5.41, 5.74) is 5.24. The molecule has 5 rings (SSSR count). The number of ether oxygens (including phenoxy) is 1. The van der Waals surface area contributed by atoms with Crippen molar-refractivity contribution in [3.63, 3.8) is 0 Å². The molecule has 0 spiro atoms. The minimum absolute atomic E-state index is 0.00974. The molecule has 0 amide bonds. The minimum Gasteiger partial charge on any atom is -0.381 e. The summed E-state index contributed by atoms with van der Waals surface area (Å²) in [7, 11) is -3.58. The number of nitrogens with zero attached hydrogens (tertiary/aromatic N) is 3. The Bertz CT molecular complexity index is 1220. The van der Waals surface area contributed by atoms with Gasteiger partial charge < -0.3 is 15.3 Å². The highest BCUT2D eigenvalue weighted by Crippen LogP contribution is 2.43. The molecule has 168 valence electrons. The normalized spacial score (nSPS) is 22.1. The molecular formula is C22H25N4O5S+. The van der Waals surface area contributed by atoms with Gasteiger partial charge in [-0.2, -0.15) is 4.31 Å². The third-order valence-corrected chi connectivity index (χ3v) is 8.40. The van der Waals surface area contributed by atoms with Crippen molar-refractivity contribution in [2.75, 3.05) is 31.6 Å². The van der Waals surface area contributed by atoms with E-state index in [4.69, 9.17) is 4.74 Å². The minimum atomic E-state index is -3.58. The molecule has 0 saturated carbocycles. The summed E-state index contributed by atoms with van der Waals surface area (Å²) in [5, 5.41) is 16.2. The van der Waals surface area contributed by atoms with Crippen molar-refractivity contribution < 1.29 is 23.1 Å². The van der Waals surface area contributed by atoms with Gasteiger partial charge in [0.25, 0.3) is 0 Å². The van der Waals surface area contributed by atoms with Crippen molar-refractivity contribution in [3.05, 3.63) is 51.9 Å². The molecule has 2 aromatic rings. The Kier molecular flexibility index (Phi) is 5.23. The smallest absolute Gasteiger partial charge is 0.381 e. The maximum absolute atomic E-state index is 12.9. The van der Waals surface area contributed by atoms with E-state index in [1.165, 1.54) is 4.31 Å². The molecule has 0 aromatic heterocycles. The number of nitroso groups, excluding NO2 is 1. The molecule has 0 bridgehead atoms. The molecule has 0 aliphatic carbocycles. The summed E-state index contributed by atoms with van der Waals surface area (Å²) in [6.45, 7) is 3.75. The molecule has 1 atom stereocenters. The summed E-state index contributed by atoms with van der Waals surface area (Å²) in [6, 6.07) is 8.93. The maximum Gasteiger partial charge on any atom is 0.414 e. The maximum atomic E-state index is 12.9. The SMILES string of the molecule is CCC1Cc2c3c(cc(-c4ccc(S(=O)(=O)N5CCOCC5)cc4)c2N1)C(=NO)[N+](=O)C3. The summed E-state index contributed by atoms with van der Waals surface area (Å²) in [6.07, 6.45) is 1.72. The molecule has 2 N–H and O–H groups in total. The number of morpholine rings is 1. The van der Waals surface area contributed by atoms with Gasteiger partial charge in [-0.05, 0) is 46.9 Å².